The Labute approximate surface area is 223 Å². The number of anilines is 3. The molecule has 0 spiro atoms. The number of sulfonamides is 1. The number of rotatable bonds is 7. The fourth-order valence-electron chi connectivity index (χ4n) is 3.22. The number of phenols is 1. The molecule has 1 saturated heterocycles. The zero-order valence-electron chi connectivity index (χ0n) is 21.6. The molecule has 3 heterocycles. The monoisotopic (exact) mass is 557 g/mol. The maximum atomic E-state index is 13.0. The molecule has 0 saturated carbocycles. The van der Waals surface area contributed by atoms with Crippen molar-refractivity contribution in [1.29, 1.82) is 0 Å². The summed E-state index contributed by atoms with van der Waals surface area (Å²) >= 11 is 7.13. The van der Waals surface area contributed by atoms with E-state index in [9.17, 15) is 13.5 Å². The Morgan fingerprint density at radius 2 is 1.78 bits per heavy atom. The molecule has 1 fully saturated rings. The molecule has 36 heavy (non-hydrogen) atoms. The quantitative estimate of drug-likeness (QED) is 0.277. The summed E-state index contributed by atoms with van der Waals surface area (Å²) < 4.78 is 41.0. The maximum Gasteiger partial charge on any atom is 0.248 e. The molecule has 2 aromatic heterocycles. The van der Waals surface area contributed by atoms with Crippen LogP contribution >= 0.6 is 23.3 Å². The highest BCUT2D eigenvalue weighted by Crippen LogP contribution is 2.40. The van der Waals surface area contributed by atoms with Crippen molar-refractivity contribution in [2.24, 2.45) is 5.92 Å². The fourth-order valence-corrected chi connectivity index (χ4v) is 5.82. The van der Waals surface area contributed by atoms with Crippen LogP contribution < -0.4 is 10.6 Å². The second kappa shape index (κ2) is 13.8. The molecule has 1 aromatic carbocycles. The van der Waals surface area contributed by atoms with Crippen molar-refractivity contribution >= 4 is 50.7 Å². The van der Waals surface area contributed by atoms with Crippen molar-refractivity contribution in [1.82, 2.24) is 13.1 Å². The Morgan fingerprint density at radius 1 is 1.17 bits per heavy atom. The number of hydrogen-bond acceptors (Lipinski definition) is 9. The number of aryl methyl sites for hydroxylation is 1. The van der Waals surface area contributed by atoms with Crippen LogP contribution in [-0.2, 0) is 16.6 Å². The van der Waals surface area contributed by atoms with Gasteiger partial charge in [-0.05, 0) is 49.4 Å². The van der Waals surface area contributed by atoms with Crippen molar-refractivity contribution in [3.05, 3.63) is 40.8 Å². The minimum atomic E-state index is -3.91. The van der Waals surface area contributed by atoms with Crippen LogP contribution in [0, 0.1) is 12.8 Å². The highest BCUT2D eigenvalue weighted by molar-refractivity contribution is 7.89. The molecule has 0 radical (unpaired) electrons. The van der Waals surface area contributed by atoms with Crippen LogP contribution in [0.25, 0.3) is 0 Å². The zero-order chi connectivity index (χ0) is 26.9. The van der Waals surface area contributed by atoms with E-state index in [1.807, 2.05) is 26.8 Å². The van der Waals surface area contributed by atoms with E-state index >= 15 is 0 Å². The fraction of sp³-hybridized carbons (Fsp3) is 0.500. The largest absolute Gasteiger partial charge is 0.504 e. The molecule has 0 amide bonds. The number of hydrogen-bond donors (Lipinski definition) is 3. The predicted molar refractivity (Wildman–Crippen MR) is 147 cm³/mol. The summed E-state index contributed by atoms with van der Waals surface area (Å²) in [5, 5.41) is 16.8. The number of phenolic OH excluding ortho intramolecular Hbond substituents is 1. The van der Waals surface area contributed by atoms with E-state index in [4.69, 9.17) is 16.0 Å². The summed E-state index contributed by atoms with van der Waals surface area (Å²) in [4.78, 5) is -0.306. The van der Waals surface area contributed by atoms with Crippen molar-refractivity contribution < 1.29 is 17.9 Å². The Hall–Kier alpha value is -2.34. The minimum Gasteiger partial charge on any atom is -0.504 e. The first-order valence-electron chi connectivity index (χ1n) is 12.0. The molecule has 0 aliphatic carbocycles. The predicted octanol–water partition coefficient (Wildman–Crippen LogP) is 6.63. The Balaban J connectivity index is 0.000000694. The summed E-state index contributed by atoms with van der Waals surface area (Å²) in [6, 6.07) is 4.84. The summed E-state index contributed by atoms with van der Waals surface area (Å²) in [5.74, 6) is 1.92. The van der Waals surface area contributed by atoms with E-state index in [0.717, 1.165) is 41.8 Å². The lowest BCUT2D eigenvalue weighted by Crippen LogP contribution is -2.28. The van der Waals surface area contributed by atoms with Gasteiger partial charge in [-0.2, -0.15) is 13.1 Å². The van der Waals surface area contributed by atoms with Crippen LogP contribution in [0.15, 0.2) is 33.8 Å². The van der Waals surface area contributed by atoms with Gasteiger partial charge in [-0.3, -0.25) is 0 Å². The molecule has 3 aromatic rings. The first kappa shape index (κ1) is 29.9. The molecule has 200 valence electrons. The molecule has 3 N–H and O–H groups in total. The lowest BCUT2D eigenvalue weighted by atomic mass is 10.3. The molecule has 1 aliphatic heterocycles. The van der Waals surface area contributed by atoms with Gasteiger partial charge in [0, 0.05) is 13.1 Å². The third kappa shape index (κ3) is 7.83. The number of halogens is 1. The molecular formula is C24H36ClN5O4S2. The van der Waals surface area contributed by atoms with Gasteiger partial charge in [0.05, 0.1) is 35.2 Å². The topological polar surface area (TPSA) is 121 Å². The number of nitrogens with zero attached hydrogens (tertiary/aromatic N) is 3. The van der Waals surface area contributed by atoms with Gasteiger partial charge in [-0.25, -0.2) is 8.42 Å². The summed E-state index contributed by atoms with van der Waals surface area (Å²) in [7, 11) is -3.91. The molecule has 12 heteroatoms. The van der Waals surface area contributed by atoms with Crippen molar-refractivity contribution in [2.75, 3.05) is 23.7 Å². The number of benzene rings is 1. The second-order valence-electron chi connectivity index (χ2n) is 8.65. The van der Waals surface area contributed by atoms with E-state index in [2.05, 4.69) is 40.2 Å². The molecule has 0 atom stereocenters. The van der Waals surface area contributed by atoms with Gasteiger partial charge in [0.2, 0.25) is 10.0 Å². The van der Waals surface area contributed by atoms with Gasteiger partial charge in [-0.15, -0.1) is 0 Å². The van der Waals surface area contributed by atoms with E-state index in [-0.39, 0.29) is 15.6 Å². The standard InChI is InChI=1S/C18H20ClN5O4S2.C4H10.C2H6/c1-11-8-12(28-10-11)9-20-17-18(23-29-22-17)21-14-5-4-13(19)16(15(14)25)30(26,27)24-6-2-3-7-24;1-4(2)3;1-2/h4-5,8,10,25H,2-3,6-7,9H2,1H3,(H,20,22)(H,21,23);4H,1-3H3;1-2H3. The first-order valence-corrected chi connectivity index (χ1v) is 14.5. The highest BCUT2D eigenvalue weighted by Gasteiger charge is 2.33. The molecule has 4 rings (SSSR count). The van der Waals surface area contributed by atoms with Gasteiger partial charge >= 0.3 is 0 Å². The number of aromatic nitrogens is 2. The number of furan rings is 1. The summed E-state index contributed by atoms with van der Waals surface area (Å²) in [5.41, 5.74) is 1.18. The van der Waals surface area contributed by atoms with Crippen LogP contribution in [0.5, 0.6) is 5.75 Å². The maximum absolute atomic E-state index is 13.0. The normalized spacial score (nSPS) is 13.6. The average Bonchev–Trinajstić information content (AvgIpc) is 3.58. The van der Waals surface area contributed by atoms with Crippen LogP contribution in [0.3, 0.4) is 0 Å². The van der Waals surface area contributed by atoms with Gasteiger partial charge in [0.15, 0.2) is 17.4 Å². The highest BCUT2D eigenvalue weighted by atomic mass is 35.5. The molecular weight excluding hydrogens is 522 g/mol. The first-order chi connectivity index (χ1) is 17.1. The average molecular weight is 558 g/mol. The SMILES string of the molecule is CC.CC(C)C.Cc1coc(CNc2nsnc2Nc2ccc(Cl)c(S(=O)(=O)N3CCCC3)c2O)c1. The lowest BCUT2D eigenvalue weighted by molar-refractivity contribution is 0.445. The van der Waals surface area contributed by atoms with E-state index in [1.165, 1.54) is 16.4 Å². The van der Waals surface area contributed by atoms with Gasteiger partial charge in [-0.1, -0.05) is 46.2 Å². The van der Waals surface area contributed by atoms with Crippen LogP contribution in [-0.4, -0.2) is 39.7 Å². The zero-order valence-corrected chi connectivity index (χ0v) is 24.0. The number of aromatic hydroxyl groups is 1. The molecule has 1 aliphatic rings. The van der Waals surface area contributed by atoms with E-state index in [1.54, 1.807) is 6.26 Å². The Bertz CT molecular complexity index is 1200. The number of nitrogens with one attached hydrogen (secondary N) is 2. The molecule has 0 unspecified atom stereocenters. The summed E-state index contributed by atoms with van der Waals surface area (Å²) in [6.07, 6.45) is 3.22. The third-order valence-electron chi connectivity index (χ3n) is 4.70. The van der Waals surface area contributed by atoms with Gasteiger partial charge in [0.25, 0.3) is 0 Å². The van der Waals surface area contributed by atoms with Crippen molar-refractivity contribution in [2.45, 2.75) is 65.8 Å². The van der Waals surface area contributed by atoms with Crippen molar-refractivity contribution in [3.63, 3.8) is 0 Å². The van der Waals surface area contributed by atoms with Crippen molar-refractivity contribution in [3.8, 4) is 5.75 Å². The Morgan fingerprint density at radius 3 is 2.36 bits per heavy atom. The van der Waals surface area contributed by atoms with E-state index < -0.39 is 15.8 Å². The second-order valence-corrected chi connectivity index (χ2v) is 11.5. The Kier molecular flexibility index (Phi) is 11.5. The van der Waals surface area contributed by atoms with E-state index in [0.29, 0.717) is 31.3 Å². The van der Waals surface area contributed by atoms with Gasteiger partial charge in [0.1, 0.15) is 10.7 Å². The smallest absolute Gasteiger partial charge is 0.248 e. The van der Waals surface area contributed by atoms with Crippen LogP contribution in [0.1, 0.15) is 58.8 Å². The van der Waals surface area contributed by atoms with Gasteiger partial charge < -0.3 is 20.2 Å². The summed E-state index contributed by atoms with van der Waals surface area (Å²) in [6.45, 7) is 13.6. The van der Waals surface area contributed by atoms with Crippen LogP contribution in [0.4, 0.5) is 17.3 Å². The molecule has 0 bridgehead atoms. The minimum absolute atomic E-state index is 0.0344. The third-order valence-corrected chi connectivity index (χ3v) is 7.63. The molecule has 9 nitrogen and oxygen atoms in total. The van der Waals surface area contributed by atoms with Crippen LogP contribution in [0.2, 0.25) is 5.02 Å². The lowest BCUT2D eigenvalue weighted by Gasteiger charge is -2.19.